The lowest BCUT2D eigenvalue weighted by Gasteiger charge is -2.30. The maximum Gasteiger partial charge on any atom is 0.308 e. The van der Waals surface area contributed by atoms with E-state index in [0.717, 1.165) is 24.1 Å². The van der Waals surface area contributed by atoms with Crippen molar-refractivity contribution in [2.45, 2.75) is 64.1 Å². The lowest BCUT2D eigenvalue weighted by atomic mass is 9.83. The van der Waals surface area contributed by atoms with Crippen LogP contribution < -0.4 is 20.1 Å². The van der Waals surface area contributed by atoms with Gasteiger partial charge in [0.2, 0.25) is 24.5 Å². The Hall–Kier alpha value is -4.00. The van der Waals surface area contributed by atoms with Crippen LogP contribution in [0, 0.1) is 5.92 Å². The Morgan fingerprint density at radius 2 is 1.89 bits per heavy atom. The molecule has 0 unspecified atom stereocenters. The summed E-state index contributed by atoms with van der Waals surface area (Å²) in [6.45, 7) is 2.81. The van der Waals surface area contributed by atoms with Crippen molar-refractivity contribution < 1.29 is 38.9 Å². The molecule has 0 spiro atoms. The monoisotopic (exact) mass is 608 g/mol. The molecule has 0 aliphatic carbocycles. The lowest BCUT2D eigenvalue weighted by molar-refractivity contribution is -0.143. The number of carboxylic acids is 1. The largest absolute Gasteiger partial charge is 0.481 e. The molecular weight excluding hydrogens is 568 g/mol. The highest BCUT2D eigenvalue weighted by atomic mass is 16.7. The van der Waals surface area contributed by atoms with Gasteiger partial charge in [-0.1, -0.05) is 25.5 Å². The molecule has 3 aliphatic heterocycles. The number of aliphatic hydroxyl groups excluding tert-OH is 1. The third-order valence-corrected chi connectivity index (χ3v) is 8.84. The molecule has 2 saturated heterocycles. The first-order valence-corrected chi connectivity index (χ1v) is 15.2. The highest BCUT2D eigenvalue weighted by molar-refractivity contribution is 6.01. The molecule has 4 N–H and O–H groups in total. The van der Waals surface area contributed by atoms with Crippen LogP contribution in [0.4, 0.5) is 5.69 Å². The fourth-order valence-electron chi connectivity index (χ4n) is 6.59. The summed E-state index contributed by atoms with van der Waals surface area (Å²) in [7, 11) is 0. The predicted octanol–water partition coefficient (Wildman–Crippen LogP) is 2.21. The normalized spacial score (nSPS) is 21.3. The van der Waals surface area contributed by atoms with E-state index < -0.39 is 23.8 Å². The standard InChI is InChI=1S/C32H40N4O8/c1-2-3-10-35(23-6-4-5-20(12-23)15-33)29(40)17-34-16-24(21-13-22(18-37)31-26(14-21)43-19-44-31)30(32(41)42)25(34)9-11-36-27(38)7-8-28(36)39/h4-6,12-14,24-25,30,37H,2-3,7-11,15-19,33H2,1H3,(H,41,42)/t24-,25+,30-/m1/s1. The zero-order valence-electron chi connectivity index (χ0n) is 24.9. The Bertz CT molecular complexity index is 1400. The molecule has 2 aromatic carbocycles. The van der Waals surface area contributed by atoms with Crippen LogP contribution in [0.3, 0.4) is 0 Å². The summed E-state index contributed by atoms with van der Waals surface area (Å²) < 4.78 is 11.1. The van der Waals surface area contributed by atoms with Gasteiger partial charge in [-0.3, -0.25) is 29.0 Å². The van der Waals surface area contributed by atoms with E-state index in [1.807, 2.05) is 36.1 Å². The molecule has 2 aromatic rings. The Labute approximate surface area is 256 Å². The van der Waals surface area contributed by atoms with E-state index in [1.165, 1.54) is 4.90 Å². The van der Waals surface area contributed by atoms with Gasteiger partial charge in [0, 0.05) is 62.2 Å². The fraction of sp³-hybridized carbons (Fsp3) is 0.500. The number of aliphatic carboxylic acids is 1. The van der Waals surface area contributed by atoms with Crippen LogP contribution >= 0.6 is 0 Å². The Kier molecular flexibility index (Phi) is 9.82. The highest BCUT2D eigenvalue weighted by Gasteiger charge is 2.48. The first kappa shape index (κ1) is 31.4. The molecule has 2 fully saturated rings. The molecular formula is C32H40N4O8. The molecule has 0 radical (unpaired) electrons. The smallest absolute Gasteiger partial charge is 0.308 e. The van der Waals surface area contributed by atoms with Crippen molar-refractivity contribution in [1.29, 1.82) is 0 Å². The topological polar surface area (TPSA) is 163 Å². The van der Waals surface area contributed by atoms with Crippen LogP contribution in [-0.2, 0) is 32.3 Å². The first-order chi connectivity index (χ1) is 21.2. The number of benzene rings is 2. The van der Waals surface area contributed by atoms with Crippen LogP contribution in [0.25, 0.3) is 0 Å². The summed E-state index contributed by atoms with van der Waals surface area (Å²) in [4.78, 5) is 56.5. The molecule has 12 nitrogen and oxygen atoms in total. The van der Waals surface area contributed by atoms with Gasteiger partial charge in [0.1, 0.15) is 0 Å². The van der Waals surface area contributed by atoms with Crippen molar-refractivity contribution in [3.8, 4) is 11.5 Å². The number of likely N-dealkylation sites (tertiary alicyclic amines) is 2. The van der Waals surface area contributed by atoms with Gasteiger partial charge in [-0.15, -0.1) is 0 Å². The van der Waals surface area contributed by atoms with Crippen LogP contribution in [0.1, 0.15) is 61.6 Å². The number of ether oxygens (including phenoxy) is 2. The molecule has 3 amide bonds. The maximum atomic E-state index is 14.0. The molecule has 3 atom stereocenters. The zero-order valence-corrected chi connectivity index (χ0v) is 24.9. The second kappa shape index (κ2) is 13.7. The SMILES string of the molecule is CCCCN(C(=O)CN1C[C@H](c2cc(CO)c3c(c2)OCO3)[C@@H](C(=O)O)[C@@H]1CCN1C(=O)CCC1=O)c1cccc(CN)c1. The Morgan fingerprint density at radius 3 is 2.57 bits per heavy atom. The van der Waals surface area contributed by atoms with E-state index in [2.05, 4.69) is 0 Å². The van der Waals surface area contributed by atoms with Crippen molar-refractivity contribution >= 4 is 29.4 Å². The van der Waals surface area contributed by atoms with Gasteiger partial charge in [0.25, 0.3) is 0 Å². The number of fused-ring (bicyclic) bond motifs is 1. The number of nitrogens with zero attached hydrogens (tertiary/aromatic N) is 3. The Morgan fingerprint density at radius 1 is 1.11 bits per heavy atom. The van der Waals surface area contributed by atoms with Crippen molar-refractivity contribution in [3.63, 3.8) is 0 Å². The molecule has 5 rings (SSSR count). The number of carbonyl (C=O) groups excluding carboxylic acids is 3. The van der Waals surface area contributed by atoms with Gasteiger partial charge in [0.15, 0.2) is 11.5 Å². The van der Waals surface area contributed by atoms with E-state index >= 15 is 0 Å². The van der Waals surface area contributed by atoms with Gasteiger partial charge in [-0.2, -0.15) is 0 Å². The minimum Gasteiger partial charge on any atom is -0.481 e. The number of carboxylic acid groups (broad SMARTS) is 1. The number of anilines is 1. The summed E-state index contributed by atoms with van der Waals surface area (Å²) in [6, 6.07) is 10.4. The van der Waals surface area contributed by atoms with Gasteiger partial charge in [0.05, 0.1) is 19.1 Å². The fourth-order valence-corrected chi connectivity index (χ4v) is 6.59. The molecule has 0 saturated carbocycles. The van der Waals surface area contributed by atoms with Gasteiger partial charge >= 0.3 is 5.97 Å². The summed E-state index contributed by atoms with van der Waals surface area (Å²) in [6.07, 6.45) is 2.15. The average Bonchev–Trinajstić information content (AvgIpc) is 3.73. The minimum atomic E-state index is -1.05. The van der Waals surface area contributed by atoms with Crippen LogP contribution in [0.5, 0.6) is 11.5 Å². The molecule has 236 valence electrons. The Balaban J connectivity index is 1.47. The number of rotatable bonds is 13. The molecule has 12 heteroatoms. The third-order valence-electron chi connectivity index (χ3n) is 8.84. The minimum absolute atomic E-state index is 0.00108. The van der Waals surface area contributed by atoms with Crippen LogP contribution in [-0.4, -0.2) is 82.7 Å². The van der Waals surface area contributed by atoms with E-state index in [0.29, 0.717) is 35.7 Å². The molecule has 0 bridgehead atoms. The van der Waals surface area contributed by atoms with E-state index in [1.54, 1.807) is 17.0 Å². The van der Waals surface area contributed by atoms with Crippen molar-refractivity contribution in [2.24, 2.45) is 11.7 Å². The van der Waals surface area contributed by atoms with Crippen molar-refractivity contribution in [3.05, 3.63) is 53.1 Å². The zero-order chi connectivity index (χ0) is 31.4. The number of hydrogen-bond acceptors (Lipinski definition) is 9. The number of nitrogens with two attached hydrogens (primary N) is 1. The van der Waals surface area contributed by atoms with E-state index in [9.17, 15) is 29.4 Å². The number of aliphatic hydroxyl groups is 1. The number of imide groups is 1. The third kappa shape index (κ3) is 6.42. The molecule has 0 aromatic heterocycles. The van der Waals surface area contributed by atoms with E-state index in [-0.39, 0.29) is 70.0 Å². The van der Waals surface area contributed by atoms with E-state index in [4.69, 9.17) is 15.2 Å². The number of amides is 3. The second-order valence-corrected chi connectivity index (χ2v) is 11.5. The molecule has 3 aliphatic rings. The van der Waals surface area contributed by atoms with Crippen molar-refractivity contribution in [2.75, 3.05) is 37.9 Å². The lowest BCUT2D eigenvalue weighted by Crippen LogP contribution is -2.46. The summed E-state index contributed by atoms with van der Waals surface area (Å²) in [5, 5.41) is 20.6. The molecule has 3 heterocycles. The summed E-state index contributed by atoms with van der Waals surface area (Å²) in [5.74, 6) is -2.41. The van der Waals surface area contributed by atoms with Crippen molar-refractivity contribution in [1.82, 2.24) is 9.80 Å². The first-order valence-electron chi connectivity index (χ1n) is 15.2. The summed E-state index contributed by atoms with van der Waals surface area (Å²) >= 11 is 0. The predicted molar refractivity (Wildman–Crippen MR) is 160 cm³/mol. The average molecular weight is 609 g/mol. The van der Waals surface area contributed by atoms with Gasteiger partial charge < -0.3 is 30.3 Å². The van der Waals surface area contributed by atoms with Crippen LogP contribution in [0.2, 0.25) is 0 Å². The molecule has 44 heavy (non-hydrogen) atoms. The highest BCUT2D eigenvalue weighted by Crippen LogP contribution is 2.44. The number of unbranched alkanes of at least 4 members (excludes halogenated alkanes) is 1. The van der Waals surface area contributed by atoms with Gasteiger partial charge in [-0.25, -0.2) is 0 Å². The number of hydrogen-bond donors (Lipinski definition) is 3. The van der Waals surface area contributed by atoms with Crippen LogP contribution in [0.15, 0.2) is 36.4 Å². The summed E-state index contributed by atoms with van der Waals surface area (Å²) in [5.41, 5.74) is 8.63. The maximum absolute atomic E-state index is 14.0. The quantitative estimate of drug-likeness (QED) is 0.287. The number of carbonyl (C=O) groups is 4. The van der Waals surface area contributed by atoms with Gasteiger partial charge in [-0.05, 0) is 48.2 Å². The second-order valence-electron chi connectivity index (χ2n) is 11.5.